The van der Waals surface area contributed by atoms with Gasteiger partial charge in [0.05, 0.1) is 13.2 Å². The highest BCUT2D eigenvalue weighted by Crippen LogP contribution is 1.98. The van der Waals surface area contributed by atoms with Crippen LogP contribution >= 0.6 is 0 Å². The van der Waals surface area contributed by atoms with Crippen LogP contribution in [0.5, 0.6) is 0 Å². The molecule has 0 fully saturated rings. The van der Waals surface area contributed by atoms with E-state index in [-0.39, 0.29) is 11.9 Å². The normalized spacial score (nSPS) is 11.1. The molecule has 0 aromatic rings. The summed E-state index contributed by atoms with van der Waals surface area (Å²) < 4.78 is 4.98. The summed E-state index contributed by atoms with van der Waals surface area (Å²) >= 11 is 0. The Morgan fingerprint density at radius 1 is 1.33 bits per heavy atom. The fraction of sp³-hybridized carbons (Fsp3) is 0.909. The molecule has 0 radical (unpaired) electrons. The van der Waals surface area contributed by atoms with Gasteiger partial charge < -0.3 is 15.0 Å². The lowest BCUT2D eigenvalue weighted by atomic mass is 10.3. The molecule has 0 aliphatic rings. The first kappa shape index (κ1) is 14.4. The van der Waals surface area contributed by atoms with Gasteiger partial charge in [-0.25, -0.2) is 0 Å². The molecule has 1 N–H and O–H groups in total. The molecule has 0 spiro atoms. The molecule has 0 aliphatic heterocycles. The van der Waals surface area contributed by atoms with Crippen LogP contribution in [0.2, 0.25) is 0 Å². The highest BCUT2D eigenvalue weighted by atomic mass is 16.5. The standard InChI is InChI=1S/C11H24N2O2/c1-9(2)12-8-11(14)13(10(3)4)6-7-15-5/h9-10,12H,6-8H2,1-5H3. The second-order valence-electron chi connectivity index (χ2n) is 4.21. The van der Waals surface area contributed by atoms with Crippen LogP contribution in [-0.4, -0.2) is 49.7 Å². The molecule has 0 atom stereocenters. The third-order valence-corrected chi connectivity index (χ3v) is 2.14. The van der Waals surface area contributed by atoms with Crippen molar-refractivity contribution in [2.75, 3.05) is 26.8 Å². The van der Waals surface area contributed by atoms with Gasteiger partial charge in [0.1, 0.15) is 0 Å². The molecule has 4 heteroatoms. The van der Waals surface area contributed by atoms with Crippen LogP contribution in [0, 0.1) is 0 Å². The van der Waals surface area contributed by atoms with E-state index in [1.807, 2.05) is 32.6 Å². The van der Waals surface area contributed by atoms with Gasteiger partial charge in [0, 0.05) is 25.7 Å². The van der Waals surface area contributed by atoms with Crippen LogP contribution in [0.1, 0.15) is 27.7 Å². The highest BCUT2D eigenvalue weighted by Gasteiger charge is 2.15. The average Bonchev–Trinajstić information content (AvgIpc) is 2.14. The molecule has 0 unspecified atom stereocenters. The Kier molecular flexibility index (Phi) is 7.34. The fourth-order valence-corrected chi connectivity index (χ4v) is 1.25. The highest BCUT2D eigenvalue weighted by molar-refractivity contribution is 5.78. The first-order chi connectivity index (χ1) is 6.99. The van der Waals surface area contributed by atoms with Gasteiger partial charge in [-0.1, -0.05) is 13.8 Å². The topological polar surface area (TPSA) is 41.6 Å². The summed E-state index contributed by atoms with van der Waals surface area (Å²) in [5.74, 6) is 0.135. The summed E-state index contributed by atoms with van der Waals surface area (Å²) in [5.41, 5.74) is 0. The molecular weight excluding hydrogens is 192 g/mol. The van der Waals surface area contributed by atoms with Gasteiger partial charge in [-0.15, -0.1) is 0 Å². The minimum Gasteiger partial charge on any atom is -0.383 e. The van der Waals surface area contributed by atoms with Gasteiger partial charge in [-0.2, -0.15) is 0 Å². The van der Waals surface area contributed by atoms with Crippen molar-refractivity contribution in [3.05, 3.63) is 0 Å². The van der Waals surface area contributed by atoms with Crippen molar-refractivity contribution in [1.82, 2.24) is 10.2 Å². The smallest absolute Gasteiger partial charge is 0.236 e. The summed E-state index contributed by atoms with van der Waals surface area (Å²) in [6, 6.07) is 0.562. The number of nitrogens with one attached hydrogen (secondary N) is 1. The third kappa shape index (κ3) is 6.47. The SMILES string of the molecule is COCCN(C(=O)CNC(C)C)C(C)C. The zero-order valence-electron chi connectivity index (χ0n) is 10.5. The van der Waals surface area contributed by atoms with Crippen LogP contribution in [0.25, 0.3) is 0 Å². The molecule has 0 aromatic heterocycles. The lowest BCUT2D eigenvalue weighted by molar-refractivity contribution is -0.132. The van der Waals surface area contributed by atoms with E-state index in [2.05, 4.69) is 5.32 Å². The minimum atomic E-state index is 0.135. The van der Waals surface area contributed by atoms with Crippen molar-refractivity contribution in [3.8, 4) is 0 Å². The van der Waals surface area contributed by atoms with Crippen LogP contribution in [0.4, 0.5) is 0 Å². The van der Waals surface area contributed by atoms with E-state index in [9.17, 15) is 4.79 Å². The van der Waals surface area contributed by atoms with Crippen molar-refractivity contribution in [3.63, 3.8) is 0 Å². The summed E-state index contributed by atoms with van der Waals surface area (Å²) in [6.07, 6.45) is 0. The van der Waals surface area contributed by atoms with E-state index < -0.39 is 0 Å². The lowest BCUT2D eigenvalue weighted by Gasteiger charge is -2.27. The molecule has 0 rings (SSSR count). The van der Waals surface area contributed by atoms with Gasteiger partial charge in [-0.3, -0.25) is 4.79 Å². The van der Waals surface area contributed by atoms with Crippen LogP contribution in [0.15, 0.2) is 0 Å². The molecule has 1 amide bonds. The molecule has 15 heavy (non-hydrogen) atoms. The lowest BCUT2D eigenvalue weighted by Crippen LogP contribution is -2.45. The first-order valence-corrected chi connectivity index (χ1v) is 5.50. The monoisotopic (exact) mass is 216 g/mol. The van der Waals surface area contributed by atoms with Gasteiger partial charge in [-0.05, 0) is 13.8 Å². The number of hydrogen-bond donors (Lipinski definition) is 1. The quantitative estimate of drug-likeness (QED) is 0.686. The van der Waals surface area contributed by atoms with E-state index in [0.29, 0.717) is 25.7 Å². The zero-order valence-corrected chi connectivity index (χ0v) is 10.5. The molecule has 90 valence electrons. The van der Waals surface area contributed by atoms with Crippen LogP contribution in [0.3, 0.4) is 0 Å². The Hall–Kier alpha value is -0.610. The Balaban J connectivity index is 4.05. The number of hydrogen-bond acceptors (Lipinski definition) is 3. The number of ether oxygens (including phenoxy) is 1. The van der Waals surface area contributed by atoms with Gasteiger partial charge >= 0.3 is 0 Å². The molecule has 0 saturated carbocycles. The summed E-state index contributed by atoms with van der Waals surface area (Å²) in [6.45, 7) is 9.74. The summed E-state index contributed by atoms with van der Waals surface area (Å²) in [4.78, 5) is 13.6. The number of nitrogens with zero attached hydrogens (tertiary/aromatic N) is 1. The Bertz CT molecular complexity index is 181. The van der Waals surface area contributed by atoms with Gasteiger partial charge in [0.15, 0.2) is 0 Å². The third-order valence-electron chi connectivity index (χ3n) is 2.14. The fourth-order valence-electron chi connectivity index (χ4n) is 1.25. The van der Waals surface area contributed by atoms with Gasteiger partial charge in [0.25, 0.3) is 0 Å². The maximum Gasteiger partial charge on any atom is 0.236 e. The average molecular weight is 216 g/mol. The van der Waals surface area contributed by atoms with E-state index in [0.717, 1.165) is 0 Å². The van der Waals surface area contributed by atoms with Crippen molar-refractivity contribution in [2.45, 2.75) is 39.8 Å². The maximum atomic E-state index is 11.8. The molecule has 0 saturated heterocycles. The zero-order chi connectivity index (χ0) is 11.8. The Morgan fingerprint density at radius 3 is 2.33 bits per heavy atom. The molecular formula is C11H24N2O2. The Labute approximate surface area is 93.0 Å². The van der Waals surface area contributed by atoms with Crippen molar-refractivity contribution >= 4 is 5.91 Å². The predicted molar refractivity (Wildman–Crippen MR) is 61.9 cm³/mol. The van der Waals surface area contributed by atoms with Crippen molar-refractivity contribution in [1.29, 1.82) is 0 Å². The molecule has 4 nitrogen and oxygen atoms in total. The number of rotatable bonds is 7. The maximum absolute atomic E-state index is 11.8. The van der Waals surface area contributed by atoms with Crippen molar-refractivity contribution < 1.29 is 9.53 Å². The Morgan fingerprint density at radius 2 is 1.93 bits per heavy atom. The molecule has 0 heterocycles. The van der Waals surface area contributed by atoms with Crippen LogP contribution < -0.4 is 5.32 Å². The predicted octanol–water partition coefficient (Wildman–Crippen LogP) is 0.868. The summed E-state index contributed by atoms with van der Waals surface area (Å²) in [7, 11) is 1.65. The first-order valence-electron chi connectivity index (χ1n) is 5.50. The van der Waals surface area contributed by atoms with E-state index in [1.54, 1.807) is 7.11 Å². The van der Waals surface area contributed by atoms with E-state index in [4.69, 9.17) is 4.74 Å². The number of carbonyl (C=O) groups is 1. The number of carbonyl (C=O) groups excluding carboxylic acids is 1. The molecule has 0 aromatic carbocycles. The largest absolute Gasteiger partial charge is 0.383 e. The molecule has 0 bridgehead atoms. The minimum absolute atomic E-state index is 0.135. The van der Waals surface area contributed by atoms with E-state index >= 15 is 0 Å². The van der Waals surface area contributed by atoms with Crippen molar-refractivity contribution in [2.24, 2.45) is 0 Å². The second-order valence-corrected chi connectivity index (χ2v) is 4.21. The van der Waals surface area contributed by atoms with E-state index in [1.165, 1.54) is 0 Å². The number of amides is 1. The second kappa shape index (κ2) is 7.65. The van der Waals surface area contributed by atoms with Crippen LogP contribution in [-0.2, 0) is 9.53 Å². The van der Waals surface area contributed by atoms with Gasteiger partial charge in [0.2, 0.25) is 5.91 Å². The molecule has 0 aliphatic carbocycles. The number of methoxy groups -OCH3 is 1. The summed E-state index contributed by atoms with van der Waals surface area (Å²) in [5, 5.41) is 3.12.